The SMILES string of the molecule is CCC(C)C(C(=O)NC(O)(CCC(Cc1ccccc1)NC(=O)C(NC(=O)OC)C(C)(C)C)Cc1ccccc1)N1CCN(Cc2cccnc2C)C1=O. The second-order valence-corrected chi connectivity index (χ2v) is 15.5. The van der Waals surface area contributed by atoms with Crippen molar-refractivity contribution < 1.29 is 29.0 Å². The summed E-state index contributed by atoms with van der Waals surface area (Å²) in [5, 5.41) is 21.2. The van der Waals surface area contributed by atoms with Crippen LogP contribution in [0.5, 0.6) is 0 Å². The molecule has 3 aromatic rings. The fourth-order valence-electron chi connectivity index (χ4n) is 6.93. The number of hydrogen-bond acceptors (Lipinski definition) is 7. The Kier molecular flexibility index (Phi) is 14.6. The summed E-state index contributed by atoms with van der Waals surface area (Å²) in [7, 11) is 1.25. The lowest BCUT2D eigenvalue weighted by Crippen LogP contribution is -2.59. The number of carbonyl (C=O) groups excluding carboxylic acids is 4. The average Bonchev–Trinajstić information content (AvgIpc) is 3.48. The number of rotatable bonds is 17. The molecule has 1 aromatic heterocycles. The third-order valence-corrected chi connectivity index (χ3v) is 10.2. The van der Waals surface area contributed by atoms with Crippen molar-refractivity contribution in [3.05, 3.63) is 101 Å². The maximum absolute atomic E-state index is 14.4. The first-order valence-electron chi connectivity index (χ1n) is 18.9. The second-order valence-electron chi connectivity index (χ2n) is 15.5. The molecule has 5 unspecified atom stereocenters. The molecule has 12 nitrogen and oxygen atoms in total. The van der Waals surface area contributed by atoms with E-state index in [1.165, 1.54) is 7.11 Å². The summed E-state index contributed by atoms with van der Waals surface area (Å²) in [5.74, 6) is -1.02. The van der Waals surface area contributed by atoms with Gasteiger partial charge in [-0.3, -0.25) is 14.6 Å². The highest BCUT2D eigenvalue weighted by atomic mass is 16.5. The number of benzene rings is 2. The quantitative estimate of drug-likeness (QED) is 0.136. The van der Waals surface area contributed by atoms with Crippen molar-refractivity contribution >= 4 is 23.9 Å². The van der Waals surface area contributed by atoms with Crippen LogP contribution in [0.25, 0.3) is 0 Å². The number of methoxy groups -OCH3 is 1. The summed E-state index contributed by atoms with van der Waals surface area (Å²) in [6.07, 6.45) is 2.57. The summed E-state index contributed by atoms with van der Waals surface area (Å²) in [5.41, 5.74) is 1.22. The molecule has 0 aliphatic carbocycles. The lowest BCUT2D eigenvalue weighted by Gasteiger charge is -2.37. The number of ether oxygens (including phenoxy) is 1. The number of aromatic nitrogens is 1. The zero-order valence-electron chi connectivity index (χ0n) is 32.8. The molecule has 4 rings (SSSR count). The molecule has 54 heavy (non-hydrogen) atoms. The third kappa shape index (κ3) is 11.5. The Bertz CT molecular complexity index is 1700. The number of pyridine rings is 1. The minimum absolute atomic E-state index is 0.0869. The van der Waals surface area contributed by atoms with Crippen LogP contribution in [-0.4, -0.2) is 87.9 Å². The summed E-state index contributed by atoms with van der Waals surface area (Å²) in [4.78, 5) is 62.0. The van der Waals surface area contributed by atoms with Gasteiger partial charge in [0.1, 0.15) is 17.8 Å². The number of alkyl carbamates (subject to hydrolysis) is 1. The number of nitrogens with zero attached hydrogens (tertiary/aromatic N) is 3. The molecule has 0 saturated carbocycles. The van der Waals surface area contributed by atoms with Crippen LogP contribution >= 0.6 is 0 Å². The molecule has 292 valence electrons. The van der Waals surface area contributed by atoms with Crippen LogP contribution in [0.4, 0.5) is 9.59 Å². The molecule has 0 bridgehead atoms. The van der Waals surface area contributed by atoms with Gasteiger partial charge in [0, 0.05) is 44.0 Å². The van der Waals surface area contributed by atoms with Crippen molar-refractivity contribution in [2.45, 2.75) is 104 Å². The van der Waals surface area contributed by atoms with Crippen molar-refractivity contribution in [1.29, 1.82) is 0 Å². The highest BCUT2D eigenvalue weighted by Crippen LogP contribution is 2.26. The van der Waals surface area contributed by atoms with Gasteiger partial charge in [0.05, 0.1) is 7.11 Å². The first-order valence-corrected chi connectivity index (χ1v) is 18.9. The summed E-state index contributed by atoms with van der Waals surface area (Å²) >= 11 is 0. The second kappa shape index (κ2) is 18.9. The molecule has 12 heteroatoms. The van der Waals surface area contributed by atoms with E-state index in [9.17, 15) is 24.3 Å². The highest BCUT2D eigenvalue weighted by Gasteiger charge is 2.43. The van der Waals surface area contributed by atoms with Crippen LogP contribution in [0.1, 0.15) is 76.3 Å². The van der Waals surface area contributed by atoms with E-state index in [4.69, 9.17) is 4.74 Å². The monoisotopic (exact) mass is 742 g/mol. The minimum Gasteiger partial charge on any atom is -0.453 e. The molecule has 1 aliphatic rings. The van der Waals surface area contributed by atoms with Crippen molar-refractivity contribution in [3.8, 4) is 0 Å². The largest absolute Gasteiger partial charge is 0.453 e. The predicted molar refractivity (Wildman–Crippen MR) is 208 cm³/mol. The average molecular weight is 743 g/mol. The molecule has 4 N–H and O–H groups in total. The summed E-state index contributed by atoms with van der Waals surface area (Å²) < 4.78 is 4.80. The molecule has 1 aliphatic heterocycles. The molecule has 5 amide bonds. The van der Waals surface area contributed by atoms with E-state index in [1.807, 2.05) is 114 Å². The Hall–Kier alpha value is -4.97. The van der Waals surface area contributed by atoms with E-state index in [0.717, 1.165) is 22.4 Å². The smallest absolute Gasteiger partial charge is 0.407 e. The molecular formula is C42H58N6O6. The maximum atomic E-state index is 14.4. The van der Waals surface area contributed by atoms with Crippen LogP contribution in [-0.2, 0) is 33.7 Å². The molecule has 5 atom stereocenters. The fraction of sp³-hybridized carbons (Fsp3) is 0.500. The predicted octanol–water partition coefficient (Wildman–Crippen LogP) is 5.37. The maximum Gasteiger partial charge on any atom is 0.407 e. The Labute approximate surface area is 320 Å². The van der Waals surface area contributed by atoms with Gasteiger partial charge in [0.15, 0.2) is 0 Å². The number of nitrogens with one attached hydrogen (secondary N) is 3. The van der Waals surface area contributed by atoms with Crippen LogP contribution in [0.15, 0.2) is 79.0 Å². The van der Waals surface area contributed by atoms with Gasteiger partial charge in [0.25, 0.3) is 0 Å². The number of urea groups is 1. The molecule has 1 fully saturated rings. The van der Waals surface area contributed by atoms with Gasteiger partial charge >= 0.3 is 12.1 Å². The van der Waals surface area contributed by atoms with E-state index in [1.54, 1.807) is 16.0 Å². The first-order chi connectivity index (χ1) is 25.6. The van der Waals surface area contributed by atoms with Gasteiger partial charge in [-0.05, 0) is 60.3 Å². The topological polar surface area (TPSA) is 153 Å². The zero-order chi connectivity index (χ0) is 39.5. The van der Waals surface area contributed by atoms with Gasteiger partial charge in [-0.25, -0.2) is 9.59 Å². The Morgan fingerprint density at radius 1 is 0.926 bits per heavy atom. The normalized spacial score (nSPS) is 16.5. The number of aliphatic hydroxyl groups is 1. The fourth-order valence-corrected chi connectivity index (χ4v) is 6.93. The molecule has 0 spiro atoms. The van der Waals surface area contributed by atoms with Gasteiger partial charge in [-0.15, -0.1) is 0 Å². The van der Waals surface area contributed by atoms with Crippen LogP contribution in [0.2, 0.25) is 0 Å². The number of carbonyl (C=O) groups is 4. The zero-order valence-corrected chi connectivity index (χ0v) is 32.8. The van der Waals surface area contributed by atoms with Gasteiger partial charge in [-0.1, -0.05) is 108 Å². The van der Waals surface area contributed by atoms with Crippen LogP contribution in [0, 0.1) is 18.3 Å². The van der Waals surface area contributed by atoms with E-state index in [-0.39, 0.29) is 37.1 Å². The first kappa shape index (κ1) is 41.8. The van der Waals surface area contributed by atoms with Gasteiger partial charge in [0.2, 0.25) is 11.8 Å². The molecule has 0 radical (unpaired) electrons. The molecule has 1 saturated heterocycles. The molecule has 2 heterocycles. The lowest BCUT2D eigenvalue weighted by molar-refractivity contribution is -0.136. The van der Waals surface area contributed by atoms with E-state index in [2.05, 4.69) is 20.9 Å². The summed E-state index contributed by atoms with van der Waals surface area (Å²) in [6.45, 7) is 12.6. The lowest BCUT2D eigenvalue weighted by atomic mass is 9.85. The Morgan fingerprint density at radius 3 is 2.17 bits per heavy atom. The van der Waals surface area contributed by atoms with Crippen molar-refractivity contribution in [2.75, 3.05) is 20.2 Å². The van der Waals surface area contributed by atoms with Crippen LogP contribution in [0.3, 0.4) is 0 Å². The highest BCUT2D eigenvalue weighted by molar-refractivity contribution is 5.89. The minimum atomic E-state index is -1.73. The molecule has 2 aromatic carbocycles. The number of aryl methyl sites for hydroxylation is 1. The number of amides is 5. The third-order valence-electron chi connectivity index (χ3n) is 10.2. The molecular weight excluding hydrogens is 684 g/mol. The Balaban J connectivity index is 1.60. The number of hydrogen-bond donors (Lipinski definition) is 4. The standard InChI is InChI=1S/C42H58N6O6/c1-8-29(2)35(48-25-24-47(40(48)52)28-33-20-15-23-43-30(33)3)37(49)46-42(53,27-32-18-13-10-14-19-32)22-21-34(26-31-16-11-9-12-17-31)44-38(50)36(41(4,5)6)45-39(51)54-7/h9-20,23,29,34-36,53H,8,21-22,24-28H2,1-7H3,(H,44,50)(H,45,51)(H,46,49). The van der Waals surface area contributed by atoms with Gasteiger partial charge < -0.3 is 35.6 Å². The Morgan fingerprint density at radius 2 is 1.57 bits per heavy atom. The van der Waals surface area contributed by atoms with Gasteiger partial charge in [-0.2, -0.15) is 0 Å². The van der Waals surface area contributed by atoms with Crippen molar-refractivity contribution in [2.24, 2.45) is 11.3 Å². The summed E-state index contributed by atoms with van der Waals surface area (Å²) in [6, 6.07) is 20.5. The van der Waals surface area contributed by atoms with Crippen LogP contribution < -0.4 is 16.0 Å². The van der Waals surface area contributed by atoms with E-state index >= 15 is 0 Å². The van der Waals surface area contributed by atoms with E-state index < -0.39 is 41.3 Å². The van der Waals surface area contributed by atoms with Crippen molar-refractivity contribution in [3.63, 3.8) is 0 Å². The van der Waals surface area contributed by atoms with E-state index in [0.29, 0.717) is 32.5 Å². The van der Waals surface area contributed by atoms with Crippen molar-refractivity contribution in [1.82, 2.24) is 30.7 Å².